The molecule has 2 N–H and O–H groups in total. The standard InChI is InChI=1S/C14H18N2O2S/c1-9(15-7-14-10(2)16-8-19-14)12-5-4-11(18-3)6-13(12)17/h4-6,8-9,15,17H,7H2,1-3H3. The molecule has 4 nitrogen and oxygen atoms in total. The molecule has 0 amide bonds. The molecule has 102 valence electrons. The van der Waals surface area contributed by atoms with Crippen LogP contribution >= 0.6 is 11.3 Å². The van der Waals surface area contributed by atoms with Gasteiger partial charge in [-0.1, -0.05) is 6.07 Å². The predicted molar refractivity (Wildman–Crippen MR) is 76.8 cm³/mol. The van der Waals surface area contributed by atoms with Gasteiger partial charge in [0.1, 0.15) is 11.5 Å². The summed E-state index contributed by atoms with van der Waals surface area (Å²) in [4.78, 5) is 5.44. The number of benzene rings is 1. The van der Waals surface area contributed by atoms with E-state index >= 15 is 0 Å². The normalized spacial score (nSPS) is 12.4. The Morgan fingerprint density at radius 1 is 1.47 bits per heavy atom. The molecule has 1 aromatic heterocycles. The van der Waals surface area contributed by atoms with E-state index < -0.39 is 0 Å². The van der Waals surface area contributed by atoms with Crippen LogP contribution < -0.4 is 10.1 Å². The maximum absolute atomic E-state index is 9.97. The van der Waals surface area contributed by atoms with Gasteiger partial charge in [0.15, 0.2) is 0 Å². The molecule has 2 aromatic rings. The number of hydrogen-bond acceptors (Lipinski definition) is 5. The fourth-order valence-corrected chi connectivity index (χ4v) is 2.60. The smallest absolute Gasteiger partial charge is 0.124 e. The van der Waals surface area contributed by atoms with Crippen molar-refractivity contribution in [1.29, 1.82) is 0 Å². The summed E-state index contributed by atoms with van der Waals surface area (Å²) in [5.74, 6) is 0.909. The first-order valence-corrected chi connectivity index (χ1v) is 6.99. The van der Waals surface area contributed by atoms with E-state index in [0.717, 1.165) is 17.8 Å². The molecule has 0 spiro atoms. The fraction of sp³-hybridized carbons (Fsp3) is 0.357. The van der Waals surface area contributed by atoms with Crippen molar-refractivity contribution in [3.05, 3.63) is 39.8 Å². The number of phenolic OH excluding ortho intramolecular Hbond substituents is 1. The van der Waals surface area contributed by atoms with Crippen LogP contribution in [0.4, 0.5) is 0 Å². The Hall–Kier alpha value is -1.59. The van der Waals surface area contributed by atoms with Crippen molar-refractivity contribution in [3.8, 4) is 11.5 Å². The summed E-state index contributed by atoms with van der Waals surface area (Å²) in [6.07, 6.45) is 0. The molecule has 0 radical (unpaired) electrons. The van der Waals surface area contributed by atoms with Crippen molar-refractivity contribution in [2.45, 2.75) is 26.4 Å². The van der Waals surface area contributed by atoms with Crippen molar-refractivity contribution in [2.24, 2.45) is 0 Å². The van der Waals surface area contributed by atoms with Gasteiger partial charge in [-0.3, -0.25) is 0 Å². The molecule has 0 fully saturated rings. The van der Waals surface area contributed by atoms with E-state index in [2.05, 4.69) is 10.3 Å². The van der Waals surface area contributed by atoms with Crippen molar-refractivity contribution in [2.75, 3.05) is 7.11 Å². The van der Waals surface area contributed by atoms with Crippen LogP contribution in [0.3, 0.4) is 0 Å². The molecule has 1 heterocycles. The average Bonchev–Trinajstić information content (AvgIpc) is 2.81. The van der Waals surface area contributed by atoms with Gasteiger partial charge in [0.25, 0.3) is 0 Å². The summed E-state index contributed by atoms with van der Waals surface area (Å²) in [6.45, 7) is 4.78. The zero-order valence-corrected chi connectivity index (χ0v) is 12.1. The number of hydrogen-bond donors (Lipinski definition) is 2. The quantitative estimate of drug-likeness (QED) is 0.882. The molecule has 1 unspecified atom stereocenters. The van der Waals surface area contributed by atoms with Crippen molar-refractivity contribution < 1.29 is 9.84 Å². The van der Waals surface area contributed by atoms with Gasteiger partial charge >= 0.3 is 0 Å². The zero-order valence-electron chi connectivity index (χ0n) is 11.3. The third-order valence-electron chi connectivity index (χ3n) is 3.12. The minimum Gasteiger partial charge on any atom is -0.507 e. The molecule has 0 aliphatic rings. The molecule has 2 rings (SSSR count). The minimum atomic E-state index is 0.0624. The molecule has 5 heteroatoms. The topological polar surface area (TPSA) is 54.4 Å². The Morgan fingerprint density at radius 3 is 2.84 bits per heavy atom. The van der Waals surface area contributed by atoms with Crippen LogP contribution in [0, 0.1) is 6.92 Å². The Bertz CT molecular complexity index is 554. The summed E-state index contributed by atoms with van der Waals surface area (Å²) in [5, 5.41) is 13.4. The van der Waals surface area contributed by atoms with Crippen molar-refractivity contribution in [3.63, 3.8) is 0 Å². The number of phenols is 1. The van der Waals surface area contributed by atoms with Crippen LogP contribution in [-0.4, -0.2) is 17.2 Å². The molecule has 0 bridgehead atoms. The highest BCUT2D eigenvalue weighted by Gasteiger charge is 2.11. The number of aromatic nitrogens is 1. The predicted octanol–water partition coefficient (Wildman–Crippen LogP) is 3.02. The maximum Gasteiger partial charge on any atom is 0.124 e. The SMILES string of the molecule is COc1ccc(C(C)NCc2scnc2C)c(O)c1. The van der Waals surface area contributed by atoms with E-state index in [-0.39, 0.29) is 11.8 Å². The van der Waals surface area contributed by atoms with Gasteiger partial charge in [0, 0.05) is 29.1 Å². The van der Waals surface area contributed by atoms with Crippen LogP contribution in [0.1, 0.15) is 29.1 Å². The second-order valence-electron chi connectivity index (χ2n) is 4.39. The zero-order chi connectivity index (χ0) is 13.8. The van der Waals surface area contributed by atoms with Gasteiger partial charge < -0.3 is 15.2 Å². The number of nitrogens with zero attached hydrogens (tertiary/aromatic N) is 1. The lowest BCUT2D eigenvalue weighted by atomic mass is 10.1. The summed E-state index contributed by atoms with van der Waals surface area (Å²) < 4.78 is 5.08. The first-order valence-electron chi connectivity index (χ1n) is 6.11. The lowest BCUT2D eigenvalue weighted by molar-refractivity contribution is 0.404. The third kappa shape index (κ3) is 3.24. The lowest BCUT2D eigenvalue weighted by Crippen LogP contribution is -2.18. The summed E-state index contributed by atoms with van der Waals surface area (Å²) in [6, 6.07) is 5.43. The molecular formula is C14H18N2O2S. The van der Waals surface area contributed by atoms with Gasteiger partial charge in [-0.2, -0.15) is 0 Å². The highest BCUT2D eigenvalue weighted by atomic mass is 32.1. The van der Waals surface area contributed by atoms with E-state index in [1.165, 1.54) is 4.88 Å². The van der Waals surface area contributed by atoms with E-state index in [0.29, 0.717) is 5.75 Å². The first kappa shape index (κ1) is 13.8. The number of ether oxygens (including phenoxy) is 1. The van der Waals surface area contributed by atoms with Gasteiger partial charge in [-0.25, -0.2) is 4.98 Å². The Labute approximate surface area is 117 Å². The maximum atomic E-state index is 9.97. The van der Waals surface area contributed by atoms with Crippen molar-refractivity contribution >= 4 is 11.3 Å². The molecular weight excluding hydrogens is 260 g/mol. The number of aryl methyl sites for hydroxylation is 1. The van der Waals surface area contributed by atoms with E-state index in [1.807, 2.05) is 31.5 Å². The molecule has 0 saturated heterocycles. The number of aromatic hydroxyl groups is 1. The second-order valence-corrected chi connectivity index (χ2v) is 5.33. The Balaban J connectivity index is 2.03. The van der Waals surface area contributed by atoms with Gasteiger partial charge in [0.05, 0.1) is 18.3 Å². The number of methoxy groups -OCH3 is 1. The first-order chi connectivity index (χ1) is 9.11. The second kappa shape index (κ2) is 6.04. The number of rotatable bonds is 5. The van der Waals surface area contributed by atoms with E-state index in [9.17, 15) is 5.11 Å². The lowest BCUT2D eigenvalue weighted by Gasteiger charge is -2.16. The molecule has 0 aliphatic heterocycles. The molecule has 1 atom stereocenters. The summed E-state index contributed by atoms with van der Waals surface area (Å²) in [7, 11) is 1.59. The van der Waals surface area contributed by atoms with E-state index in [1.54, 1.807) is 24.5 Å². The van der Waals surface area contributed by atoms with Gasteiger partial charge in [-0.05, 0) is 19.9 Å². The van der Waals surface area contributed by atoms with Crippen LogP contribution in [0.2, 0.25) is 0 Å². The molecule has 0 saturated carbocycles. The Morgan fingerprint density at radius 2 is 2.26 bits per heavy atom. The van der Waals surface area contributed by atoms with Crippen LogP contribution in [0.5, 0.6) is 11.5 Å². The Kier molecular flexibility index (Phi) is 4.39. The average molecular weight is 278 g/mol. The van der Waals surface area contributed by atoms with Crippen molar-refractivity contribution in [1.82, 2.24) is 10.3 Å². The molecule has 0 aliphatic carbocycles. The highest BCUT2D eigenvalue weighted by Crippen LogP contribution is 2.28. The summed E-state index contributed by atoms with van der Waals surface area (Å²) in [5.41, 5.74) is 3.77. The number of nitrogens with one attached hydrogen (secondary N) is 1. The highest BCUT2D eigenvalue weighted by molar-refractivity contribution is 7.09. The van der Waals surface area contributed by atoms with Gasteiger partial charge in [0.2, 0.25) is 0 Å². The largest absolute Gasteiger partial charge is 0.507 e. The summed E-state index contributed by atoms with van der Waals surface area (Å²) >= 11 is 1.64. The monoisotopic (exact) mass is 278 g/mol. The fourth-order valence-electron chi connectivity index (χ4n) is 1.87. The van der Waals surface area contributed by atoms with Crippen LogP contribution in [0.25, 0.3) is 0 Å². The van der Waals surface area contributed by atoms with E-state index in [4.69, 9.17) is 4.74 Å². The molecule has 1 aromatic carbocycles. The third-order valence-corrected chi connectivity index (χ3v) is 4.05. The van der Waals surface area contributed by atoms with Crippen LogP contribution in [-0.2, 0) is 6.54 Å². The minimum absolute atomic E-state index is 0.0624. The van der Waals surface area contributed by atoms with Crippen LogP contribution in [0.15, 0.2) is 23.7 Å². The number of thiazole rings is 1. The molecule has 19 heavy (non-hydrogen) atoms. The van der Waals surface area contributed by atoms with Gasteiger partial charge in [-0.15, -0.1) is 11.3 Å².